The van der Waals surface area contributed by atoms with E-state index in [1.165, 1.54) is 32.3 Å². The molecule has 1 heterocycles. The molecular formula is C22H23FN4O3S. The second-order valence-electron chi connectivity index (χ2n) is 6.98. The first kappa shape index (κ1) is 22.4. The Labute approximate surface area is 181 Å². The highest BCUT2D eigenvalue weighted by Gasteiger charge is 2.27. The summed E-state index contributed by atoms with van der Waals surface area (Å²) >= 11 is 0. The van der Waals surface area contributed by atoms with Crippen molar-refractivity contribution in [2.24, 2.45) is 0 Å². The summed E-state index contributed by atoms with van der Waals surface area (Å²) < 4.78 is 42.0. The number of pyridine rings is 1. The lowest BCUT2D eigenvalue weighted by Gasteiger charge is -2.27. The van der Waals surface area contributed by atoms with E-state index in [2.05, 4.69) is 10.3 Å². The van der Waals surface area contributed by atoms with Crippen molar-refractivity contribution in [3.8, 4) is 0 Å². The van der Waals surface area contributed by atoms with Gasteiger partial charge in [0.05, 0.1) is 12.2 Å². The average molecular weight is 443 g/mol. The Kier molecular flexibility index (Phi) is 6.98. The third-order valence-corrected chi connectivity index (χ3v) is 6.41. The van der Waals surface area contributed by atoms with Crippen LogP contribution in [-0.2, 0) is 23.3 Å². The van der Waals surface area contributed by atoms with E-state index in [9.17, 15) is 17.6 Å². The zero-order chi connectivity index (χ0) is 22.4. The largest absolute Gasteiger partial charge is 0.348 e. The predicted molar refractivity (Wildman–Crippen MR) is 117 cm³/mol. The smallest absolute Gasteiger partial charge is 0.303 e. The summed E-state index contributed by atoms with van der Waals surface area (Å²) in [5.41, 5.74) is 1.93. The van der Waals surface area contributed by atoms with Crippen LogP contribution in [0.1, 0.15) is 21.5 Å². The number of halogens is 1. The number of nitrogens with zero attached hydrogens (tertiary/aromatic N) is 3. The molecule has 0 atom stereocenters. The molecule has 31 heavy (non-hydrogen) atoms. The van der Waals surface area contributed by atoms with E-state index in [1.807, 2.05) is 12.1 Å². The molecule has 0 fully saturated rings. The number of benzene rings is 2. The minimum Gasteiger partial charge on any atom is -0.348 e. The first-order valence-corrected chi connectivity index (χ1v) is 10.9. The molecule has 0 radical (unpaired) electrons. The van der Waals surface area contributed by atoms with Crippen molar-refractivity contribution in [1.82, 2.24) is 14.6 Å². The molecule has 7 nitrogen and oxygen atoms in total. The predicted octanol–water partition coefficient (Wildman–Crippen LogP) is 2.96. The number of anilines is 1. The minimum atomic E-state index is -3.94. The summed E-state index contributed by atoms with van der Waals surface area (Å²) in [5, 5.41) is 2.82. The zero-order valence-electron chi connectivity index (χ0n) is 17.2. The van der Waals surface area contributed by atoms with E-state index in [-0.39, 0.29) is 18.1 Å². The summed E-state index contributed by atoms with van der Waals surface area (Å²) in [7, 11) is -1.16. The van der Waals surface area contributed by atoms with Crippen molar-refractivity contribution in [2.45, 2.75) is 13.1 Å². The van der Waals surface area contributed by atoms with Gasteiger partial charge in [0.2, 0.25) is 0 Å². The van der Waals surface area contributed by atoms with Gasteiger partial charge in [-0.05, 0) is 47.5 Å². The Hall–Kier alpha value is -3.30. The molecule has 0 spiro atoms. The van der Waals surface area contributed by atoms with Crippen LogP contribution in [0.5, 0.6) is 0 Å². The molecule has 0 saturated heterocycles. The van der Waals surface area contributed by atoms with Crippen LogP contribution in [0, 0.1) is 5.82 Å². The number of carbonyl (C=O) groups is 1. The summed E-state index contributed by atoms with van der Waals surface area (Å²) in [6.07, 6.45) is 3.30. The third kappa shape index (κ3) is 5.44. The highest BCUT2D eigenvalue weighted by Crippen LogP contribution is 2.25. The van der Waals surface area contributed by atoms with E-state index in [4.69, 9.17) is 0 Å². The number of carbonyl (C=O) groups excluding carboxylic acids is 1. The highest BCUT2D eigenvalue weighted by atomic mass is 32.2. The maximum Gasteiger partial charge on any atom is 0.303 e. The van der Waals surface area contributed by atoms with E-state index in [0.717, 1.165) is 14.2 Å². The fourth-order valence-corrected chi connectivity index (χ4v) is 3.96. The van der Waals surface area contributed by atoms with Crippen LogP contribution in [0.3, 0.4) is 0 Å². The van der Waals surface area contributed by atoms with Gasteiger partial charge in [-0.1, -0.05) is 24.3 Å². The Morgan fingerprint density at radius 3 is 2.23 bits per heavy atom. The second kappa shape index (κ2) is 9.67. The third-order valence-electron chi connectivity index (χ3n) is 4.61. The topological polar surface area (TPSA) is 82.6 Å². The van der Waals surface area contributed by atoms with Gasteiger partial charge in [-0.25, -0.2) is 4.39 Å². The number of hydrogen-bond acceptors (Lipinski definition) is 4. The van der Waals surface area contributed by atoms with Gasteiger partial charge in [0, 0.05) is 38.6 Å². The van der Waals surface area contributed by atoms with Crippen LogP contribution in [0.2, 0.25) is 0 Å². The number of hydrogen-bond donors (Lipinski definition) is 1. The molecule has 0 unspecified atom stereocenters. The lowest BCUT2D eigenvalue weighted by Crippen LogP contribution is -2.40. The number of rotatable bonds is 8. The molecule has 1 amide bonds. The van der Waals surface area contributed by atoms with Gasteiger partial charge in [-0.15, -0.1) is 0 Å². The van der Waals surface area contributed by atoms with Gasteiger partial charge in [0.1, 0.15) is 5.82 Å². The van der Waals surface area contributed by atoms with Gasteiger partial charge in [0.15, 0.2) is 0 Å². The molecule has 2 aromatic carbocycles. The first-order chi connectivity index (χ1) is 14.8. The quantitative estimate of drug-likeness (QED) is 0.582. The van der Waals surface area contributed by atoms with Crippen LogP contribution in [0.15, 0.2) is 73.1 Å². The summed E-state index contributed by atoms with van der Waals surface area (Å²) in [6.45, 7) is 0.283. The van der Waals surface area contributed by atoms with Gasteiger partial charge >= 0.3 is 10.2 Å². The summed E-state index contributed by atoms with van der Waals surface area (Å²) in [5.74, 6) is -0.893. The van der Waals surface area contributed by atoms with Crippen LogP contribution in [0.25, 0.3) is 0 Å². The number of amides is 1. The SMILES string of the molecule is CN(C)S(=O)(=O)N(Cc1ccc(C(=O)NCc2ccncc2)cc1)c1ccccc1F. The van der Waals surface area contributed by atoms with Gasteiger partial charge < -0.3 is 5.32 Å². The van der Waals surface area contributed by atoms with E-state index >= 15 is 0 Å². The van der Waals surface area contributed by atoms with Crippen LogP contribution in [-0.4, -0.2) is 37.7 Å². The maximum atomic E-state index is 14.3. The van der Waals surface area contributed by atoms with Crippen LogP contribution >= 0.6 is 0 Å². The van der Waals surface area contributed by atoms with Crippen molar-refractivity contribution in [2.75, 3.05) is 18.4 Å². The van der Waals surface area contributed by atoms with E-state index in [0.29, 0.717) is 17.7 Å². The molecule has 162 valence electrons. The molecule has 0 aliphatic carbocycles. The fraction of sp³-hybridized carbons (Fsp3) is 0.182. The van der Waals surface area contributed by atoms with E-state index in [1.54, 1.807) is 42.7 Å². The molecule has 0 saturated carbocycles. The molecule has 3 rings (SSSR count). The minimum absolute atomic E-state index is 0.0460. The van der Waals surface area contributed by atoms with Gasteiger partial charge in [0.25, 0.3) is 5.91 Å². The molecule has 3 aromatic rings. The van der Waals surface area contributed by atoms with Gasteiger partial charge in [-0.2, -0.15) is 12.7 Å². The molecule has 9 heteroatoms. The number of aromatic nitrogens is 1. The number of nitrogens with one attached hydrogen (secondary N) is 1. The molecule has 1 N–H and O–H groups in total. The molecule has 0 bridgehead atoms. The molecule has 0 aliphatic heterocycles. The standard InChI is InChI=1S/C22H23FN4O3S/c1-26(2)31(29,30)27(21-6-4-3-5-20(21)23)16-18-7-9-19(10-8-18)22(28)25-15-17-11-13-24-14-12-17/h3-14H,15-16H2,1-2H3,(H,25,28). The van der Waals surface area contributed by atoms with Crippen molar-refractivity contribution in [3.63, 3.8) is 0 Å². The van der Waals surface area contributed by atoms with Gasteiger partial charge in [-0.3, -0.25) is 14.1 Å². The van der Waals surface area contributed by atoms with Crippen LogP contribution < -0.4 is 9.62 Å². The molecule has 0 aliphatic rings. The maximum absolute atomic E-state index is 14.3. The fourth-order valence-electron chi connectivity index (χ4n) is 2.85. The summed E-state index contributed by atoms with van der Waals surface area (Å²) in [6, 6.07) is 15.9. The average Bonchev–Trinajstić information content (AvgIpc) is 2.77. The van der Waals surface area contributed by atoms with Crippen molar-refractivity contribution in [3.05, 3.63) is 95.6 Å². The Morgan fingerprint density at radius 1 is 0.968 bits per heavy atom. The van der Waals surface area contributed by atoms with E-state index < -0.39 is 16.0 Å². The Balaban J connectivity index is 1.77. The molecule has 1 aromatic heterocycles. The highest BCUT2D eigenvalue weighted by molar-refractivity contribution is 7.90. The van der Waals surface area contributed by atoms with Crippen LogP contribution in [0.4, 0.5) is 10.1 Å². The Morgan fingerprint density at radius 2 is 1.61 bits per heavy atom. The van der Waals surface area contributed by atoms with Crippen molar-refractivity contribution in [1.29, 1.82) is 0 Å². The second-order valence-corrected chi connectivity index (χ2v) is 9.05. The lowest BCUT2D eigenvalue weighted by molar-refractivity contribution is 0.0951. The normalized spacial score (nSPS) is 11.4. The van der Waals surface area contributed by atoms with Crippen molar-refractivity contribution >= 4 is 21.8 Å². The summed E-state index contributed by atoms with van der Waals surface area (Å²) in [4.78, 5) is 16.3. The Bertz CT molecular complexity index is 1140. The lowest BCUT2D eigenvalue weighted by atomic mass is 10.1. The zero-order valence-corrected chi connectivity index (χ0v) is 18.0. The molecular weight excluding hydrogens is 419 g/mol. The first-order valence-electron chi connectivity index (χ1n) is 9.50. The van der Waals surface area contributed by atoms with Crippen molar-refractivity contribution < 1.29 is 17.6 Å². The monoisotopic (exact) mass is 442 g/mol. The number of para-hydroxylation sites is 1.